The molecule has 1 heterocycles. The van der Waals surface area contributed by atoms with E-state index in [1.165, 1.54) is 11.3 Å². The van der Waals surface area contributed by atoms with Gasteiger partial charge in [-0.2, -0.15) is 0 Å². The minimum absolute atomic E-state index is 0.0875. The van der Waals surface area contributed by atoms with Gasteiger partial charge in [0, 0.05) is 11.4 Å². The molecule has 2 rings (SSSR count). The number of carbonyl (C=O) groups excluding carboxylic acids is 1. The molecule has 5 nitrogen and oxygen atoms in total. The molecule has 0 radical (unpaired) electrons. The van der Waals surface area contributed by atoms with Crippen LogP contribution in [0.15, 0.2) is 30.3 Å². The summed E-state index contributed by atoms with van der Waals surface area (Å²) in [7, 11) is 0. The van der Waals surface area contributed by atoms with Gasteiger partial charge in [-0.15, -0.1) is 11.3 Å². The van der Waals surface area contributed by atoms with E-state index in [0.29, 0.717) is 10.8 Å². The molecule has 0 saturated heterocycles. The van der Waals surface area contributed by atoms with Crippen molar-refractivity contribution >= 4 is 23.2 Å². The number of rotatable bonds is 9. The molecule has 0 saturated carbocycles. The maximum absolute atomic E-state index is 12.2. The number of aryl methyl sites for hydroxylation is 2. The van der Waals surface area contributed by atoms with E-state index in [0.717, 1.165) is 28.2 Å². The highest BCUT2D eigenvalue weighted by Gasteiger charge is 2.20. The van der Waals surface area contributed by atoms with Crippen molar-refractivity contribution in [3.63, 3.8) is 0 Å². The Balaban J connectivity index is 2.13. The normalized spacial score (nSPS) is 12.0. The van der Waals surface area contributed by atoms with E-state index >= 15 is 0 Å². The van der Waals surface area contributed by atoms with E-state index in [4.69, 9.17) is 9.84 Å². The van der Waals surface area contributed by atoms with Crippen LogP contribution in [0, 0.1) is 19.8 Å². The van der Waals surface area contributed by atoms with Gasteiger partial charge in [-0.25, -0.2) is 0 Å². The molecule has 2 aromatic rings. The summed E-state index contributed by atoms with van der Waals surface area (Å²) in [6.07, 6.45) is 0.625. The molecule has 1 unspecified atom stereocenters. The fraction of sp³-hybridized carbons (Fsp3) is 0.429. The molecule has 0 spiro atoms. The molecule has 1 amide bonds. The van der Waals surface area contributed by atoms with Gasteiger partial charge in [-0.1, -0.05) is 19.9 Å². The number of carboxylic acid groups (broad SMARTS) is 1. The van der Waals surface area contributed by atoms with Crippen molar-refractivity contribution in [3.05, 3.63) is 51.2 Å². The first kappa shape index (κ1) is 21.0. The number of nitrogens with one attached hydrogen (secondary N) is 1. The number of carboxylic acids is 1. The van der Waals surface area contributed by atoms with Crippen LogP contribution < -0.4 is 10.1 Å². The van der Waals surface area contributed by atoms with Gasteiger partial charge in [0.25, 0.3) is 5.91 Å². The third-order valence-corrected chi connectivity index (χ3v) is 5.13. The molecule has 146 valence electrons. The smallest absolute Gasteiger partial charge is 0.305 e. The molecule has 0 aliphatic rings. The highest BCUT2D eigenvalue weighted by molar-refractivity contribution is 7.14. The number of hydrogen-bond donors (Lipinski definition) is 2. The number of aliphatic carboxylic acids is 1. The second-order valence-electron chi connectivity index (χ2n) is 7.16. The van der Waals surface area contributed by atoms with Crippen molar-refractivity contribution in [1.29, 1.82) is 0 Å². The summed E-state index contributed by atoms with van der Waals surface area (Å²) in [5, 5.41) is 11.3. The van der Waals surface area contributed by atoms with Gasteiger partial charge >= 0.3 is 5.97 Å². The van der Waals surface area contributed by atoms with Crippen molar-refractivity contribution in [2.45, 2.75) is 46.6 Å². The van der Waals surface area contributed by atoms with Crippen LogP contribution in [0.25, 0.3) is 0 Å². The molecule has 27 heavy (non-hydrogen) atoms. The highest BCUT2D eigenvalue weighted by Crippen LogP contribution is 2.33. The second-order valence-corrected chi connectivity index (χ2v) is 8.28. The highest BCUT2D eigenvalue weighted by atomic mass is 32.1. The molecule has 6 heteroatoms. The molecule has 0 aliphatic carbocycles. The van der Waals surface area contributed by atoms with E-state index in [1.54, 1.807) is 6.07 Å². The van der Waals surface area contributed by atoms with Gasteiger partial charge < -0.3 is 15.2 Å². The number of benzene rings is 1. The largest absolute Gasteiger partial charge is 0.485 e. The van der Waals surface area contributed by atoms with Crippen LogP contribution in [-0.2, 0) is 4.79 Å². The van der Waals surface area contributed by atoms with Crippen LogP contribution in [0.1, 0.15) is 58.5 Å². The summed E-state index contributed by atoms with van der Waals surface area (Å²) >= 11 is 1.39. The van der Waals surface area contributed by atoms with E-state index < -0.39 is 5.97 Å². The van der Waals surface area contributed by atoms with Gasteiger partial charge in [0.2, 0.25) is 0 Å². The fourth-order valence-electron chi connectivity index (χ4n) is 2.83. The average molecular weight is 390 g/mol. The number of hydrogen-bond acceptors (Lipinski definition) is 4. The zero-order chi connectivity index (χ0) is 20.0. The van der Waals surface area contributed by atoms with Gasteiger partial charge in [0.15, 0.2) is 0 Å². The van der Waals surface area contributed by atoms with E-state index in [-0.39, 0.29) is 25.0 Å². The molecule has 1 aromatic carbocycles. The first-order chi connectivity index (χ1) is 12.7. The molecule has 0 fully saturated rings. The number of carbonyl (C=O) groups is 2. The predicted molar refractivity (Wildman–Crippen MR) is 108 cm³/mol. The van der Waals surface area contributed by atoms with E-state index in [9.17, 15) is 9.59 Å². The third kappa shape index (κ3) is 6.71. The summed E-state index contributed by atoms with van der Waals surface area (Å²) in [6.45, 7) is 8.50. The predicted octanol–water partition coefficient (Wildman–Crippen LogP) is 4.74. The van der Waals surface area contributed by atoms with Crippen molar-refractivity contribution in [2.75, 3.05) is 6.54 Å². The Hall–Kier alpha value is -2.34. The Morgan fingerprint density at radius 2 is 1.81 bits per heavy atom. The van der Waals surface area contributed by atoms with Crippen LogP contribution in [0.5, 0.6) is 5.75 Å². The average Bonchev–Trinajstić information content (AvgIpc) is 3.02. The van der Waals surface area contributed by atoms with E-state index in [1.807, 2.05) is 32.0 Å². The van der Waals surface area contributed by atoms with Crippen molar-refractivity contribution < 1.29 is 19.4 Å². The monoisotopic (exact) mass is 389 g/mol. The minimum Gasteiger partial charge on any atom is -0.485 e. The van der Waals surface area contributed by atoms with Crippen LogP contribution in [0.4, 0.5) is 0 Å². The Morgan fingerprint density at radius 3 is 2.41 bits per heavy atom. The van der Waals surface area contributed by atoms with Crippen LogP contribution in [0.2, 0.25) is 0 Å². The first-order valence-corrected chi connectivity index (χ1v) is 9.91. The lowest BCUT2D eigenvalue weighted by Crippen LogP contribution is -2.25. The molecular weight excluding hydrogens is 362 g/mol. The summed E-state index contributed by atoms with van der Waals surface area (Å²) < 4.78 is 6.28. The molecule has 2 N–H and O–H groups in total. The zero-order valence-electron chi connectivity index (χ0n) is 16.2. The zero-order valence-corrected chi connectivity index (χ0v) is 17.1. The molecule has 0 aliphatic heterocycles. The summed E-state index contributed by atoms with van der Waals surface area (Å²) in [6, 6.07) is 9.84. The fourth-order valence-corrected chi connectivity index (χ4v) is 3.80. The Morgan fingerprint density at radius 1 is 1.15 bits per heavy atom. The molecule has 1 aromatic heterocycles. The topological polar surface area (TPSA) is 75.6 Å². The Kier molecular flexibility index (Phi) is 7.42. The van der Waals surface area contributed by atoms with Crippen LogP contribution in [-0.4, -0.2) is 23.5 Å². The lowest BCUT2D eigenvalue weighted by molar-refractivity contribution is -0.136. The number of ether oxygens (including phenoxy) is 1. The molecule has 0 bridgehead atoms. The maximum Gasteiger partial charge on any atom is 0.305 e. The first-order valence-electron chi connectivity index (χ1n) is 9.09. The molecular formula is C21H27NO4S. The molecule has 1 atom stereocenters. The second kappa shape index (κ2) is 9.55. The summed E-state index contributed by atoms with van der Waals surface area (Å²) in [5.74, 6) is 0.0954. The number of thiophene rings is 1. The van der Waals surface area contributed by atoms with Crippen LogP contribution >= 0.6 is 11.3 Å². The number of amides is 1. The van der Waals surface area contributed by atoms with Crippen molar-refractivity contribution in [1.82, 2.24) is 5.32 Å². The standard InChI is InChI=1S/C21H27NO4S/c1-13(2)9-17(26-16-11-14(3)10-15(4)12-16)18-5-6-19(27-18)21(25)22-8-7-20(23)24/h5-6,10-13,17H,7-9H2,1-4H3,(H,22,25)(H,23,24). The lowest BCUT2D eigenvalue weighted by Gasteiger charge is -2.20. The summed E-state index contributed by atoms with van der Waals surface area (Å²) in [4.78, 5) is 24.3. The van der Waals surface area contributed by atoms with Crippen molar-refractivity contribution in [2.24, 2.45) is 5.92 Å². The quantitative estimate of drug-likeness (QED) is 0.650. The van der Waals surface area contributed by atoms with E-state index in [2.05, 4.69) is 25.2 Å². The lowest BCUT2D eigenvalue weighted by atomic mass is 10.0. The van der Waals surface area contributed by atoms with Gasteiger partial charge in [0.05, 0.1) is 11.3 Å². The summed E-state index contributed by atoms with van der Waals surface area (Å²) in [5.41, 5.74) is 2.30. The SMILES string of the molecule is Cc1cc(C)cc(OC(CC(C)C)c2ccc(C(=O)NCCC(=O)O)s2)c1. The van der Waals surface area contributed by atoms with Gasteiger partial charge in [0.1, 0.15) is 11.9 Å². The Labute approximate surface area is 164 Å². The van der Waals surface area contributed by atoms with Crippen molar-refractivity contribution in [3.8, 4) is 5.75 Å². The van der Waals surface area contributed by atoms with Gasteiger partial charge in [-0.05, 0) is 61.6 Å². The van der Waals surface area contributed by atoms with Gasteiger partial charge in [-0.3, -0.25) is 9.59 Å². The van der Waals surface area contributed by atoms with Crippen LogP contribution in [0.3, 0.4) is 0 Å². The maximum atomic E-state index is 12.2. The third-order valence-electron chi connectivity index (χ3n) is 3.95. The minimum atomic E-state index is -0.930. The Bertz CT molecular complexity index is 777.